The molecule has 0 unspecified atom stereocenters. The minimum absolute atomic E-state index is 0.163. The number of rotatable bonds is 5. The Morgan fingerprint density at radius 3 is 2.79 bits per heavy atom. The van der Waals surface area contributed by atoms with Crippen molar-refractivity contribution < 1.29 is 14.0 Å². The molecule has 2 aromatic heterocycles. The monoisotopic (exact) mass is 324 g/mol. The number of nitrogens with one attached hydrogen (secondary N) is 3. The van der Waals surface area contributed by atoms with E-state index in [1.54, 1.807) is 25.3 Å². The number of aromatic amines is 1. The first-order valence-corrected chi connectivity index (χ1v) is 7.38. The normalized spacial score (nSPS) is 11.7. The van der Waals surface area contributed by atoms with Crippen LogP contribution in [0.4, 0.5) is 5.69 Å². The molecule has 7 nitrogen and oxygen atoms in total. The molecule has 0 saturated heterocycles. The average Bonchev–Trinajstić information content (AvgIpc) is 3.28. The molecule has 3 N–H and O–H groups in total. The van der Waals surface area contributed by atoms with Crippen LogP contribution in [0, 0.1) is 0 Å². The molecule has 2 amide bonds. The van der Waals surface area contributed by atoms with Gasteiger partial charge in [-0.1, -0.05) is 12.1 Å². The molecule has 1 atom stereocenters. The topological polar surface area (TPSA) is 100 Å². The number of carbonyl (C=O) groups excluding carboxylic acids is 2. The molecular formula is C17H16N4O3. The Morgan fingerprint density at radius 2 is 2.08 bits per heavy atom. The van der Waals surface area contributed by atoms with E-state index in [1.807, 2.05) is 24.3 Å². The summed E-state index contributed by atoms with van der Waals surface area (Å²) in [6.45, 7) is 1.61. The highest BCUT2D eigenvalue weighted by molar-refractivity contribution is 6.00. The molecule has 0 saturated carbocycles. The SMILES string of the molecule is C[C@H](NC(=O)c1ccco1)C(=O)Nc1cccc(-c2ccn[nH]2)c1. The fourth-order valence-electron chi connectivity index (χ4n) is 2.17. The van der Waals surface area contributed by atoms with Gasteiger partial charge in [0.2, 0.25) is 5.91 Å². The van der Waals surface area contributed by atoms with E-state index in [1.165, 1.54) is 12.3 Å². The lowest BCUT2D eigenvalue weighted by Gasteiger charge is -2.13. The van der Waals surface area contributed by atoms with Crippen LogP contribution < -0.4 is 10.6 Å². The zero-order valence-corrected chi connectivity index (χ0v) is 12.9. The van der Waals surface area contributed by atoms with Crippen molar-refractivity contribution in [1.82, 2.24) is 15.5 Å². The van der Waals surface area contributed by atoms with Crippen molar-refractivity contribution in [3.63, 3.8) is 0 Å². The van der Waals surface area contributed by atoms with Crippen LogP contribution >= 0.6 is 0 Å². The summed E-state index contributed by atoms with van der Waals surface area (Å²) in [6, 6.07) is 11.6. The average molecular weight is 324 g/mol. The third-order valence-electron chi connectivity index (χ3n) is 3.43. The molecule has 3 aromatic rings. The highest BCUT2D eigenvalue weighted by Gasteiger charge is 2.18. The fourth-order valence-corrected chi connectivity index (χ4v) is 2.17. The highest BCUT2D eigenvalue weighted by Crippen LogP contribution is 2.20. The molecule has 1 aromatic carbocycles. The second-order valence-electron chi connectivity index (χ2n) is 5.21. The molecule has 24 heavy (non-hydrogen) atoms. The second-order valence-corrected chi connectivity index (χ2v) is 5.21. The molecule has 3 rings (SSSR count). The Labute approximate surface area is 138 Å². The Hall–Kier alpha value is -3.35. The number of aromatic nitrogens is 2. The fraction of sp³-hybridized carbons (Fsp3) is 0.118. The molecule has 0 spiro atoms. The molecule has 0 aliphatic carbocycles. The molecule has 0 aliphatic rings. The Balaban J connectivity index is 1.64. The molecule has 0 radical (unpaired) electrons. The molecule has 122 valence electrons. The number of H-pyrrole nitrogens is 1. The van der Waals surface area contributed by atoms with Gasteiger partial charge in [0.15, 0.2) is 5.76 Å². The van der Waals surface area contributed by atoms with Crippen LogP contribution in [-0.2, 0) is 4.79 Å². The molecule has 7 heteroatoms. The van der Waals surface area contributed by atoms with Gasteiger partial charge in [-0.05, 0) is 37.3 Å². The van der Waals surface area contributed by atoms with Crippen molar-refractivity contribution in [1.29, 1.82) is 0 Å². The van der Waals surface area contributed by atoms with E-state index >= 15 is 0 Å². The lowest BCUT2D eigenvalue weighted by Crippen LogP contribution is -2.41. The van der Waals surface area contributed by atoms with Crippen molar-refractivity contribution in [3.8, 4) is 11.3 Å². The van der Waals surface area contributed by atoms with Crippen LogP contribution in [0.5, 0.6) is 0 Å². The predicted octanol–water partition coefficient (Wildman–Crippen LogP) is 2.43. The van der Waals surface area contributed by atoms with E-state index < -0.39 is 11.9 Å². The van der Waals surface area contributed by atoms with E-state index in [-0.39, 0.29) is 11.7 Å². The number of furan rings is 1. The first-order valence-electron chi connectivity index (χ1n) is 7.38. The van der Waals surface area contributed by atoms with E-state index in [0.717, 1.165) is 11.3 Å². The minimum atomic E-state index is -0.710. The second kappa shape index (κ2) is 6.82. The van der Waals surface area contributed by atoms with Crippen LogP contribution in [0.2, 0.25) is 0 Å². The Morgan fingerprint density at radius 1 is 1.21 bits per heavy atom. The van der Waals surface area contributed by atoms with Gasteiger partial charge in [0.25, 0.3) is 5.91 Å². The van der Waals surface area contributed by atoms with Gasteiger partial charge in [-0.25, -0.2) is 0 Å². The maximum Gasteiger partial charge on any atom is 0.287 e. The third-order valence-corrected chi connectivity index (χ3v) is 3.43. The number of hydrogen-bond acceptors (Lipinski definition) is 4. The summed E-state index contributed by atoms with van der Waals surface area (Å²) in [5, 5.41) is 12.1. The summed E-state index contributed by atoms with van der Waals surface area (Å²) < 4.78 is 5.00. The third kappa shape index (κ3) is 3.52. The van der Waals surface area contributed by atoms with Crippen molar-refractivity contribution in [2.45, 2.75) is 13.0 Å². The number of hydrogen-bond donors (Lipinski definition) is 3. The zero-order chi connectivity index (χ0) is 16.9. The van der Waals surface area contributed by atoms with Crippen LogP contribution in [0.15, 0.2) is 59.3 Å². The molecule has 0 fully saturated rings. The standard InChI is InChI=1S/C17H16N4O3/c1-11(19-17(23)15-6-3-9-24-15)16(22)20-13-5-2-4-12(10-13)14-7-8-18-21-14/h2-11H,1H3,(H,18,21)(H,19,23)(H,20,22)/t11-/m0/s1. The number of anilines is 1. The van der Waals surface area contributed by atoms with Crippen LogP contribution in [0.25, 0.3) is 11.3 Å². The van der Waals surface area contributed by atoms with Crippen LogP contribution in [0.3, 0.4) is 0 Å². The minimum Gasteiger partial charge on any atom is -0.459 e. The van der Waals surface area contributed by atoms with Gasteiger partial charge < -0.3 is 15.1 Å². The van der Waals surface area contributed by atoms with Gasteiger partial charge in [-0.3, -0.25) is 14.7 Å². The maximum absolute atomic E-state index is 12.2. The van der Waals surface area contributed by atoms with E-state index in [4.69, 9.17) is 4.42 Å². The summed E-state index contributed by atoms with van der Waals surface area (Å²) in [5.41, 5.74) is 2.38. The van der Waals surface area contributed by atoms with Gasteiger partial charge >= 0.3 is 0 Å². The first kappa shape index (κ1) is 15.5. The van der Waals surface area contributed by atoms with Crippen LogP contribution in [-0.4, -0.2) is 28.1 Å². The van der Waals surface area contributed by atoms with Crippen molar-refractivity contribution in [2.24, 2.45) is 0 Å². The molecule has 0 bridgehead atoms. The first-order chi connectivity index (χ1) is 11.6. The summed E-state index contributed by atoms with van der Waals surface area (Å²) >= 11 is 0. The number of benzene rings is 1. The number of amides is 2. The quantitative estimate of drug-likeness (QED) is 0.671. The summed E-state index contributed by atoms with van der Waals surface area (Å²) in [6.07, 6.45) is 3.06. The van der Waals surface area contributed by atoms with Gasteiger partial charge in [0, 0.05) is 17.4 Å². The molecular weight excluding hydrogens is 308 g/mol. The van der Waals surface area contributed by atoms with Gasteiger partial charge in [-0.15, -0.1) is 0 Å². The van der Waals surface area contributed by atoms with E-state index in [9.17, 15) is 9.59 Å². The summed E-state index contributed by atoms with van der Waals surface area (Å²) in [4.78, 5) is 24.1. The number of nitrogens with zero attached hydrogens (tertiary/aromatic N) is 1. The number of carbonyl (C=O) groups is 2. The summed E-state index contributed by atoms with van der Waals surface area (Å²) in [7, 11) is 0. The van der Waals surface area contributed by atoms with Crippen LogP contribution in [0.1, 0.15) is 17.5 Å². The lowest BCUT2D eigenvalue weighted by atomic mass is 10.1. The Bertz CT molecular complexity index is 825. The van der Waals surface area contributed by atoms with E-state index in [0.29, 0.717) is 5.69 Å². The predicted molar refractivity (Wildman–Crippen MR) is 88.3 cm³/mol. The van der Waals surface area contributed by atoms with E-state index in [2.05, 4.69) is 20.8 Å². The Kier molecular flexibility index (Phi) is 4.42. The smallest absolute Gasteiger partial charge is 0.287 e. The lowest BCUT2D eigenvalue weighted by molar-refractivity contribution is -0.117. The van der Waals surface area contributed by atoms with Crippen molar-refractivity contribution >= 4 is 17.5 Å². The maximum atomic E-state index is 12.2. The van der Waals surface area contributed by atoms with Gasteiger partial charge in [0.05, 0.1) is 12.0 Å². The van der Waals surface area contributed by atoms with Crippen molar-refractivity contribution in [3.05, 3.63) is 60.7 Å². The highest BCUT2D eigenvalue weighted by atomic mass is 16.3. The van der Waals surface area contributed by atoms with Gasteiger partial charge in [-0.2, -0.15) is 5.10 Å². The van der Waals surface area contributed by atoms with Gasteiger partial charge in [0.1, 0.15) is 6.04 Å². The van der Waals surface area contributed by atoms with Crippen molar-refractivity contribution in [2.75, 3.05) is 5.32 Å². The molecule has 2 heterocycles. The molecule has 0 aliphatic heterocycles. The largest absolute Gasteiger partial charge is 0.459 e. The zero-order valence-electron chi connectivity index (χ0n) is 12.9. The summed E-state index contributed by atoms with van der Waals surface area (Å²) in [5.74, 6) is -0.596.